The van der Waals surface area contributed by atoms with Crippen LogP contribution in [-0.2, 0) is 6.18 Å². The van der Waals surface area contributed by atoms with Gasteiger partial charge in [0.2, 0.25) is 0 Å². The number of benzene rings is 2. The topological polar surface area (TPSA) is 58.8 Å². The van der Waals surface area contributed by atoms with E-state index in [0.717, 1.165) is 9.96 Å². The van der Waals surface area contributed by atoms with Gasteiger partial charge in [0.05, 0.1) is 16.6 Å². The van der Waals surface area contributed by atoms with Crippen LogP contribution in [0, 0.1) is 13.8 Å². The maximum atomic E-state index is 14.1. The molecule has 152 valence electrons. The van der Waals surface area contributed by atoms with Gasteiger partial charge in [0, 0.05) is 5.56 Å². The van der Waals surface area contributed by atoms with Gasteiger partial charge in [-0.05, 0) is 36.9 Å². The first-order chi connectivity index (χ1) is 14.1. The summed E-state index contributed by atoms with van der Waals surface area (Å²) >= 11 is 0. The molecule has 4 rings (SSSR count). The molecule has 0 saturated heterocycles. The lowest BCUT2D eigenvalue weighted by Gasteiger charge is -2.12. The molecule has 4 aromatic rings. The Morgan fingerprint density at radius 1 is 0.933 bits per heavy atom. The van der Waals surface area contributed by atoms with Crippen molar-refractivity contribution in [3.8, 4) is 0 Å². The van der Waals surface area contributed by atoms with Gasteiger partial charge in [-0.25, -0.2) is 4.79 Å². The molecule has 0 unspecified atom stereocenters. The van der Waals surface area contributed by atoms with Crippen molar-refractivity contribution in [2.24, 2.45) is 0 Å². The molecule has 2 heterocycles. The van der Waals surface area contributed by atoms with Crippen LogP contribution in [0.1, 0.15) is 43.1 Å². The number of aryl methyl sites for hydroxylation is 2. The van der Waals surface area contributed by atoms with Crippen LogP contribution in [0.25, 0.3) is 16.4 Å². The van der Waals surface area contributed by atoms with E-state index in [1.807, 2.05) is 6.92 Å². The Balaban J connectivity index is 2.24. The van der Waals surface area contributed by atoms with Gasteiger partial charge in [0.1, 0.15) is 11.3 Å². The number of carbonyl (C=O) groups is 2. The Hall–Kier alpha value is -3.61. The van der Waals surface area contributed by atoms with Crippen LogP contribution in [-0.4, -0.2) is 21.3 Å². The second-order valence-electron chi connectivity index (χ2n) is 7.17. The summed E-state index contributed by atoms with van der Waals surface area (Å²) < 4.78 is 43.3. The minimum atomic E-state index is -4.99. The fourth-order valence-electron chi connectivity index (χ4n) is 3.85. The molecular weight excluding hydrogens is 395 g/mol. The molecule has 0 fully saturated rings. The zero-order valence-electron chi connectivity index (χ0n) is 16.0. The van der Waals surface area contributed by atoms with E-state index in [1.54, 1.807) is 43.3 Å². The molecule has 2 aromatic carbocycles. The molecule has 4 nitrogen and oxygen atoms in total. The standard InChI is InChI=1S/C23H16F3NO3/c1-12-7-9-14(10-8-12)20(28)17-18(22(29)30)21(23(24,25)26)27-16-6-4-3-5-15(16)11-13(2)19(17)27/h3-11H,1-2H3,(H,29,30). The normalized spacial score (nSPS) is 11.9. The number of carboxylic acid groups (broad SMARTS) is 1. The number of rotatable bonds is 3. The summed E-state index contributed by atoms with van der Waals surface area (Å²) in [6.45, 7) is 3.38. The van der Waals surface area contributed by atoms with E-state index in [0.29, 0.717) is 10.9 Å². The van der Waals surface area contributed by atoms with Crippen LogP contribution in [0.3, 0.4) is 0 Å². The molecule has 0 aliphatic carbocycles. The van der Waals surface area contributed by atoms with E-state index in [4.69, 9.17) is 0 Å². The van der Waals surface area contributed by atoms with Crippen LogP contribution in [0.15, 0.2) is 54.6 Å². The van der Waals surface area contributed by atoms with Gasteiger partial charge in [-0.3, -0.25) is 4.79 Å². The molecule has 30 heavy (non-hydrogen) atoms. The van der Waals surface area contributed by atoms with Crippen molar-refractivity contribution in [1.82, 2.24) is 4.40 Å². The third-order valence-corrected chi connectivity index (χ3v) is 5.12. The first-order valence-corrected chi connectivity index (χ1v) is 9.10. The van der Waals surface area contributed by atoms with Crippen LogP contribution in [0.2, 0.25) is 0 Å². The number of hydrogen-bond acceptors (Lipinski definition) is 2. The number of para-hydroxylation sites is 1. The number of nitrogens with zero attached hydrogens (tertiary/aromatic N) is 1. The van der Waals surface area contributed by atoms with Gasteiger partial charge < -0.3 is 9.51 Å². The van der Waals surface area contributed by atoms with Gasteiger partial charge in [-0.1, -0.05) is 48.0 Å². The summed E-state index contributed by atoms with van der Waals surface area (Å²) in [5.74, 6) is -2.57. The van der Waals surface area contributed by atoms with Gasteiger partial charge in [-0.15, -0.1) is 0 Å². The van der Waals surface area contributed by atoms with Gasteiger partial charge >= 0.3 is 12.1 Å². The lowest BCUT2D eigenvalue weighted by Crippen LogP contribution is -2.16. The van der Waals surface area contributed by atoms with Crippen molar-refractivity contribution >= 4 is 28.2 Å². The van der Waals surface area contributed by atoms with E-state index in [2.05, 4.69) is 0 Å². The molecule has 0 spiro atoms. The summed E-state index contributed by atoms with van der Waals surface area (Å²) in [6.07, 6.45) is -4.99. The lowest BCUT2D eigenvalue weighted by atomic mass is 9.97. The maximum absolute atomic E-state index is 14.1. The molecule has 0 aliphatic rings. The van der Waals surface area contributed by atoms with Crippen molar-refractivity contribution in [3.05, 3.63) is 88.1 Å². The summed E-state index contributed by atoms with van der Waals surface area (Å²) in [4.78, 5) is 25.3. The second kappa shape index (κ2) is 6.73. The molecule has 0 bridgehead atoms. The lowest BCUT2D eigenvalue weighted by molar-refractivity contribution is -0.142. The number of fused-ring (bicyclic) bond motifs is 3. The highest BCUT2D eigenvalue weighted by molar-refractivity contribution is 6.20. The molecular formula is C23H16F3NO3. The van der Waals surface area contributed by atoms with Crippen molar-refractivity contribution < 1.29 is 27.9 Å². The number of aromatic carboxylic acids is 1. The van der Waals surface area contributed by atoms with Gasteiger partial charge in [-0.2, -0.15) is 13.2 Å². The van der Waals surface area contributed by atoms with Crippen LogP contribution >= 0.6 is 0 Å². The minimum absolute atomic E-state index is 0.0519. The van der Waals surface area contributed by atoms with Gasteiger partial charge in [0.15, 0.2) is 5.78 Å². The van der Waals surface area contributed by atoms with Crippen molar-refractivity contribution in [2.45, 2.75) is 20.0 Å². The first kappa shape index (κ1) is 19.7. The van der Waals surface area contributed by atoms with Crippen molar-refractivity contribution in [2.75, 3.05) is 0 Å². The zero-order chi connectivity index (χ0) is 21.8. The Labute approximate surface area is 169 Å². The SMILES string of the molecule is Cc1ccc(C(=O)c2c(C(=O)O)c(C(F)(F)F)n3c2c(C)cc2ccccc23)cc1. The molecule has 0 aliphatic heterocycles. The van der Waals surface area contributed by atoms with E-state index >= 15 is 0 Å². The molecule has 0 amide bonds. The summed E-state index contributed by atoms with van der Waals surface area (Å²) in [5, 5.41) is 10.3. The average molecular weight is 411 g/mol. The zero-order valence-corrected chi connectivity index (χ0v) is 16.0. The van der Waals surface area contributed by atoms with Crippen molar-refractivity contribution in [1.29, 1.82) is 0 Å². The third kappa shape index (κ3) is 2.94. The largest absolute Gasteiger partial charge is 0.478 e. The average Bonchev–Trinajstić information content (AvgIpc) is 3.06. The van der Waals surface area contributed by atoms with E-state index in [9.17, 15) is 27.9 Å². The predicted molar refractivity (Wildman–Crippen MR) is 106 cm³/mol. The number of halogens is 3. The summed E-state index contributed by atoms with van der Waals surface area (Å²) in [7, 11) is 0. The third-order valence-electron chi connectivity index (χ3n) is 5.12. The highest BCUT2D eigenvalue weighted by Crippen LogP contribution is 2.40. The van der Waals surface area contributed by atoms with E-state index < -0.39 is 34.7 Å². The first-order valence-electron chi connectivity index (χ1n) is 9.10. The molecule has 2 aromatic heterocycles. The Bertz CT molecular complexity index is 1330. The number of alkyl halides is 3. The number of pyridine rings is 1. The van der Waals surface area contributed by atoms with Gasteiger partial charge in [0.25, 0.3) is 0 Å². The molecule has 1 N–H and O–H groups in total. The van der Waals surface area contributed by atoms with E-state index in [-0.39, 0.29) is 16.6 Å². The number of carbonyl (C=O) groups excluding carboxylic acids is 1. The maximum Gasteiger partial charge on any atom is 0.432 e. The number of aromatic nitrogens is 1. The fraction of sp³-hybridized carbons (Fsp3) is 0.130. The number of carboxylic acids is 1. The smallest absolute Gasteiger partial charge is 0.432 e. The summed E-state index contributed by atoms with van der Waals surface area (Å²) in [5.41, 5.74) is -1.36. The molecule has 0 saturated carbocycles. The minimum Gasteiger partial charge on any atom is -0.478 e. The molecule has 0 atom stereocenters. The number of hydrogen-bond donors (Lipinski definition) is 1. The van der Waals surface area contributed by atoms with Crippen LogP contribution < -0.4 is 0 Å². The predicted octanol–water partition coefficient (Wildman–Crippen LogP) is 5.66. The highest BCUT2D eigenvalue weighted by atomic mass is 19.4. The Morgan fingerprint density at radius 3 is 2.17 bits per heavy atom. The summed E-state index contributed by atoms with van der Waals surface area (Å²) in [6, 6.07) is 14.3. The Morgan fingerprint density at radius 2 is 1.57 bits per heavy atom. The number of ketones is 1. The Kier molecular flexibility index (Phi) is 4.42. The molecule has 7 heteroatoms. The van der Waals surface area contributed by atoms with Crippen LogP contribution in [0.5, 0.6) is 0 Å². The quantitative estimate of drug-likeness (QED) is 0.443. The van der Waals surface area contributed by atoms with E-state index in [1.165, 1.54) is 18.2 Å². The monoisotopic (exact) mass is 411 g/mol. The second-order valence-corrected chi connectivity index (χ2v) is 7.17. The highest BCUT2D eigenvalue weighted by Gasteiger charge is 2.43. The molecule has 0 radical (unpaired) electrons. The van der Waals surface area contributed by atoms with Crippen molar-refractivity contribution in [3.63, 3.8) is 0 Å². The van der Waals surface area contributed by atoms with Crippen LogP contribution in [0.4, 0.5) is 13.2 Å². The fourth-order valence-corrected chi connectivity index (χ4v) is 3.85.